The van der Waals surface area contributed by atoms with Crippen LogP contribution in [0.3, 0.4) is 0 Å². The molecule has 5 heteroatoms. The minimum Gasteiger partial charge on any atom is -0.488 e. The standard InChI is InChI=1S/C18H32O5/c1-8-11-12-20-18(22-14(5)10-3)17(7,23-18)16(19)15(6)21-13(4)9-2/h13-14H,6,8-12H2,1-5,7H3. The molecule has 0 aliphatic carbocycles. The van der Waals surface area contributed by atoms with Gasteiger partial charge in [0.15, 0.2) is 5.76 Å². The summed E-state index contributed by atoms with van der Waals surface area (Å²) in [6, 6.07) is 0. The van der Waals surface area contributed by atoms with E-state index in [4.69, 9.17) is 18.9 Å². The molecule has 0 radical (unpaired) electrons. The number of rotatable bonds is 12. The first-order chi connectivity index (χ1) is 10.8. The first-order valence-corrected chi connectivity index (χ1v) is 8.68. The lowest BCUT2D eigenvalue weighted by molar-refractivity contribution is -0.249. The minimum absolute atomic E-state index is 0.0697. The summed E-state index contributed by atoms with van der Waals surface area (Å²) < 4.78 is 22.9. The van der Waals surface area contributed by atoms with Crippen LogP contribution in [-0.2, 0) is 23.7 Å². The molecule has 5 nitrogen and oxygen atoms in total. The van der Waals surface area contributed by atoms with Crippen LogP contribution in [-0.4, -0.2) is 36.2 Å². The summed E-state index contributed by atoms with van der Waals surface area (Å²) in [5.74, 6) is -1.55. The molecule has 1 fully saturated rings. The highest BCUT2D eigenvalue weighted by Crippen LogP contribution is 2.52. The average Bonchev–Trinajstić information content (AvgIpc) is 3.11. The number of carbonyl (C=O) groups excluding carboxylic acids is 1. The Morgan fingerprint density at radius 3 is 2.30 bits per heavy atom. The molecule has 0 spiro atoms. The predicted molar refractivity (Wildman–Crippen MR) is 88.9 cm³/mol. The van der Waals surface area contributed by atoms with Crippen LogP contribution in [0.5, 0.6) is 0 Å². The third-order valence-electron chi connectivity index (χ3n) is 4.21. The van der Waals surface area contributed by atoms with Gasteiger partial charge in [0.25, 0.3) is 0 Å². The Balaban J connectivity index is 2.81. The fourth-order valence-corrected chi connectivity index (χ4v) is 2.11. The number of hydrogen-bond acceptors (Lipinski definition) is 5. The van der Waals surface area contributed by atoms with E-state index in [0.29, 0.717) is 6.61 Å². The third-order valence-corrected chi connectivity index (χ3v) is 4.21. The van der Waals surface area contributed by atoms with Gasteiger partial charge >= 0.3 is 5.97 Å². The molecular weight excluding hydrogens is 296 g/mol. The zero-order valence-corrected chi connectivity index (χ0v) is 15.4. The van der Waals surface area contributed by atoms with Crippen LogP contribution < -0.4 is 0 Å². The van der Waals surface area contributed by atoms with Crippen LogP contribution >= 0.6 is 0 Å². The highest BCUT2D eigenvalue weighted by molar-refractivity contribution is 6.02. The Hall–Kier alpha value is -0.910. The molecule has 4 unspecified atom stereocenters. The summed E-state index contributed by atoms with van der Waals surface area (Å²) in [6.07, 6.45) is 3.33. The minimum atomic E-state index is -1.32. The van der Waals surface area contributed by atoms with Crippen LogP contribution in [0, 0.1) is 0 Å². The number of ether oxygens (including phenoxy) is 4. The number of unbranched alkanes of at least 4 members (excludes halogenated alkanes) is 1. The van der Waals surface area contributed by atoms with Crippen molar-refractivity contribution in [1.82, 2.24) is 0 Å². The Kier molecular flexibility index (Phi) is 7.24. The van der Waals surface area contributed by atoms with Crippen molar-refractivity contribution in [3.8, 4) is 0 Å². The van der Waals surface area contributed by atoms with Gasteiger partial charge in [-0.3, -0.25) is 4.79 Å². The van der Waals surface area contributed by atoms with Crippen LogP contribution in [0.1, 0.15) is 67.2 Å². The van der Waals surface area contributed by atoms with E-state index in [1.165, 1.54) is 0 Å². The molecule has 1 saturated heterocycles. The number of Topliss-reactive ketones (excluding diaryl/α,β-unsaturated/α-hetero) is 1. The summed E-state index contributed by atoms with van der Waals surface area (Å²) in [5.41, 5.74) is -1.20. The largest absolute Gasteiger partial charge is 0.488 e. The van der Waals surface area contributed by atoms with Crippen molar-refractivity contribution in [1.29, 1.82) is 0 Å². The highest BCUT2D eigenvalue weighted by atomic mass is 17.0. The van der Waals surface area contributed by atoms with E-state index in [1.54, 1.807) is 6.92 Å². The van der Waals surface area contributed by atoms with E-state index in [2.05, 4.69) is 13.5 Å². The first kappa shape index (κ1) is 20.1. The fraction of sp³-hybridized carbons (Fsp3) is 0.833. The molecule has 0 N–H and O–H groups in total. The Labute approximate surface area is 140 Å². The van der Waals surface area contributed by atoms with Gasteiger partial charge in [0.05, 0.1) is 18.8 Å². The monoisotopic (exact) mass is 328 g/mol. The van der Waals surface area contributed by atoms with E-state index >= 15 is 0 Å². The zero-order chi connectivity index (χ0) is 17.7. The summed E-state index contributed by atoms with van der Waals surface area (Å²) in [7, 11) is 0. The topological polar surface area (TPSA) is 57.3 Å². The summed E-state index contributed by atoms with van der Waals surface area (Å²) in [5, 5.41) is 0. The van der Waals surface area contributed by atoms with Gasteiger partial charge in [-0.1, -0.05) is 33.8 Å². The van der Waals surface area contributed by atoms with E-state index < -0.39 is 11.6 Å². The molecule has 23 heavy (non-hydrogen) atoms. The molecule has 1 aliphatic rings. The fourth-order valence-electron chi connectivity index (χ4n) is 2.11. The van der Waals surface area contributed by atoms with Gasteiger partial charge in [0, 0.05) is 0 Å². The van der Waals surface area contributed by atoms with Gasteiger partial charge in [-0.15, -0.1) is 0 Å². The Bertz CT molecular complexity index is 422. The molecule has 4 atom stereocenters. The van der Waals surface area contributed by atoms with Crippen molar-refractivity contribution in [2.75, 3.05) is 6.61 Å². The maximum atomic E-state index is 12.7. The number of ketones is 1. The SMILES string of the molecule is C=C(OC(C)CC)C(=O)C1(C)OC1(OCCCC)OC(C)CC. The second-order valence-corrected chi connectivity index (χ2v) is 6.32. The van der Waals surface area contributed by atoms with Crippen molar-refractivity contribution in [3.05, 3.63) is 12.3 Å². The van der Waals surface area contributed by atoms with Crippen molar-refractivity contribution in [2.24, 2.45) is 0 Å². The molecule has 0 aromatic rings. The van der Waals surface area contributed by atoms with E-state index in [9.17, 15) is 4.79 Å². The van der Waals surface area contributed by atoms with Crippen molar-refractivity contribution in [2.45, 2.75) is 91.0 Å². The molecule has 1 rings (SSSR count). The van der Waals surface area contributed by atoms with Crippen molar-refractivity contribution >= 4 is 5.78 Å². The Morgan fingerprint density at radius 1 is 1.17 bits per heavy atom. The van der Waals surface area contributed by atoms with E-state index in [1.807, 2.05) is 27.7 Å². The average molecular weight is 328 g/mol. The van der Waals surface area contributed by atoms with Gasteiger partial charge in [-0.05, 0) is 40.0 Å². The van der Waals surface area contributed by atoms with Crippen molar-refractivity contribution in [3.63, 3.8) is 0 Å². The van der Waals surface area contributed by atoms with Crippen LogP contribution in [0.25, 0.3) is 0 Å². The summed E-state index contributed by atoms with van der Waals surface area (Å²) in [4.78, 5) is 12.7. The summed E-state index contributed by atoms with van der Waals surface area (Å²) in [6.45, 7) is 15.8. The quantitative estimate of drug-likeness (QED) is 0.178. The van der Waals surface area contributed by atoms with Crippen LogP contribution in [0.15, 0.2) is 12.3 Å². The smallest absolute Gasteiger partial charge is 0.323 e. The normalized spacial score (nSPS) is 29.0. The molecule has 0 bridgehead atoms. The molecule has 0 amide bonds. The highest BCUT2D eigenvalue weighted by Gasteiger charge is 2.76. The van der Waals surface area contributed by atoms with Crippen LogP contribution in [0.4, 0.5) is 0 Å². The molecule has 134 valence electrons. The van der Waals surface area contributed by atoms with Gasteiger partial charge < -0.3 is 18.9 Å². The molecular formula is C18H32O5. The molecule has 0 aromatic heterocycles. The summed E-state index contributed by atoms with van der Waals surface area (Å²) >= 11 is 0. The number of carbonyl (C=O) groups is 1. The van der Waals surface area contributed by atoms with E-state index in [0.717, 1.165) is 25.7 Å². The number of hydrogen-bond donors (Lipinski definition) is 0. The predicted octanol–water partition coefficient (Wildman–Crippen LogP) is 3.96. The second kappa shape index (κ2) is 8.27. The number of epoxide rings is 1. The lowest BCUT2D eigenvalue weighted by Crippen LogP contribution is -2.39. The van der Waals surface area contributed by atoms with Gasteiger partial charge in [0.1, 0.15) is 0 Å². The lowest BCUT2D eigenvalue weighted by atomic mass is 10.0. The molecule has 0 saturated carbocycles. The third kappa shape index (κ3) is 4.55. The zero-order valence-electron chi connectivity index (χ0n) is 15.4. The maximum absolute atomic E-state index is 12.7. The van der Waals surface area contributed by atoms with Crippen molar-refractivity contribution < 1.29 is 23.7 Å². The Morgan fingerprint density at radius 2 is 1.78 bits per heavy atom. The maximum Gasteiger partial charge on any atom is 0.323 e. The van der Waals surface area contributed by atoms with Gasteiger partial charge in [0.2, 0.25) is 11.4 Å². The van der Waals surface area contributed by atoms with E-state index in [-0.39, 0.29) is 23.8 Å². The lowest BCUT2D eigenvalue weighted by Gasteiger charge is -2.22. The van der Waals surface area contributed by atoms with Crippen LogP contribution in [0.2, 0.25) is 0 Å². The molecule has 0 aromatic carbocycles. The van der Waals surface area contributed by atoms with Gasteiger partial charge in [-0.2, -0.15) is 0 Å². The second-order valence-electron chi connectivity index (χ2n) is 6.32. The van der Waals surface area contributed by atoms with Gasteiger partial charge in [-0.25, -0.2) is 0 Å². The first-order valence-electron chi connectivity index (χ1n) is 8.68. The molecule has 1 aliphatic heterocycles. The molecule has 1 heterocycles.